The lowest BCUT2D eigenvalue weighted by atomic mass is 10.1. The van der Waals surface area contributed by atoms with Gasteiger partial charge >= 0.3 is 0 Å². The molecule has 1 heterocycles. The molecule has 1 unspecified atom stereocenters. The summed E-state index contributed by atoms with van der Waals surface area (Å²) in [4.78, 5) is 15.4. The molecule has 1 fully saturated rings. The summed E-state index contributed by atoms with van der Waals surface area (Å²) < 4.78 is 0. The zero-order chi connectivity index (χ0) is 12.0. The lowest BCUT2D eigenvalue weighted by Gasteiger charge is -2.11. The van der Waals surface area contributed by atoms with Gasteiger partial charge in [0.2, 0.25) is 5.91 Å². The molecule has 0 aliphatic carbocycles. The lowest BCUT2D eigenvalue weighted by Crippen LogP contribution is -2.28. The molecule has 1 amide bonds. The molecule has 1 atom stereocenters. The fourth-order valence-electron chi connectivity index (χ4n) is 1.61. The molecule has 1 saturated heterocycles. The Labute approximate surface area is 102 Å². The largest absolute Gasteiger partial charge is 0.361 e. The molecule has 92 valence electrons. The third-order valence-corrected chi connectivity index (χ3v) is 3.47. The van der Waals surface area contributed by atoms with E-state index in [9.17, 15) is 4.79 Å². The zero-order valence-electron chi connectivity index (χ0n) is 10.2. The molecule has 1 aliphatic rings. The smallest absolute Gasteiger partial charge is 0.221 e. The zero-order valence-corrected chi connectivity index (χ0v) is 11.1. The van der Waals surface area contributed by atoms with E-state index in [0.717, 1.165) is 10.9 Å². The standard InChI is InChI=1S/C11H21N3OS/c1-8(2)6-9-7-16-11(14-9)13-5-4-10(15)12-3/h8-9H,4-7H2,1-3H3,(H,12,15)(H,13,14). The number of amides is 1. The molecule has 0 aromatic rings. The molecule has 0 bridgehead atoms. The summed E-state index contributed by atoms with van der Waals surface area (Å²) >= 11 is 1.76. The van der Waals surface area contributed by atoms with Crippen LogP contribution in [0.4, 0.5) is 0 Å². The fraction of sp³-hybridized carbons (Fsp3) is 0.818. The third kappa shape index (κ3) is 4.88. The average Bonchev–Trinajstić information content (AvgIpc) is 2.64. The van der Waals surface area contributed by atoms with Crippen LogP contribution in [0.3, 0.4) is 0 Å². The molecule has 5 heteroatoms. The normalized spacial score (nSPS) is 22.5. The minimum atomic E-state index is 0.0473. The van der Waals surface area contributed by atoms with Crippen LogP contribution in [-0.4, -0.2) is 36.5 Å². The number of carbonyl (C=O) groups is 1. The van der Waals surface area contributed by atoms with Crippen molar-refractivity contribution in [3.05, 3.63) is 0 Å². The van der Waals surface area contributed by atoms with Crippen LogP contribution in [0.2, 0.25) is 0 Å². The van der Waals surface area contributed by atoms with Gasteiger partial charge in [-0.15, -0.1) is 0 Å². The summed E-state index contributed by atoms with van der Waals surface area (Å²) in [6, 6.07) is 0.545. The van der Waals surface area contributed by atoms with E-state index in [0.29, 0.717) is 24.9 Å². The molecular weight excluding hydrogens is 222 g/mol. The highest BCUT2D eigenvalue weighted by atomic mass is 32.2. The predicted octanol–water partition coefficient (Wildman–Crippen LogP) is 1.23. The van der Waals surface area contributed by atoms with Crippen molar-refractivity contribution in [2.75, 3.05) is 19.3 Å². The number of amidine groups is 1. The summed E-state index contributed by atoms with van der Waals surface area (Å²) in [5, 5.41) is 6.98. The van der Waals surface area contributed by atoms with Gasteiger partial charge in [-0.25, -0.2) is 0 Å². The maximum absolute atomic E-state index is 11.0. The third-order valence-electron chi connectivity index (χ3n) is 2.38. The molecule has 2 N–H and O–H groups in total. The van der Waals surface area contributed by atoms with Gasteiger partial charge in [0.1, 0.15) is 0 Å². The maximum atomic E-state index is 11.0. The van der Waals surface area contributed by atoms with E-state index in [1.54, 1.807) is 18.8 Å². The minimum Gasteiger partial charge on any atom is -0.361 e. The van der Waals surface area contributed by atoms with Gasteiger partial charge in [0.25, 0.3) is 0 Å². The molecular formula is C11H21N3OS. The Bertz CT molecular complexity index is 266. The summed E-state index contributed by atoms with van der Waals surface area (Å²) in [5.41, 5.74) is 0. The first-order chi connectivity index (χ1) is 7.61. The number of hydrogen-bond acceptors (Lipinski definition) is 3. The van der Waals surface area contributed by atoms with E-state index in [1.807, 2.05) is 0 Å². The lowest BCUT2D eigenvalue weighted by molar-refractivity contribution is -0.120. The quantitative estimate of drug-likeness (QED) is 0.763. The predicted molar refractivity (Wildman–Crippen MR) is 69.8 cm³/mol. The second-order valence-corrected chi connectivity index (χ2v) is 5.40. The van der Waals surface area contributed by atoms with Crippen LogP contribution in [0.5, 0.6) is 0 Å². The molecule has 0 aromatic heterocycles. The molecule has 4 nitrogen and oxygen atoms in total. The van der Waals surface area contributed by atoms with E-state index in [2.05, 4.69) is 29.5 Å². The number of nitrogens with one attached hydrogen (secondary N) is 2. The van der Waals surface area contributed by atoms with Crippen LogP contribution in [-0.2, 0) is 4.79 Å². The van der Waals surface area contributed by atoms with Crippen LogP contribution >= 0.6 is 11.8 Å². The summed E-state index contributed by atoms with van der Waals surface area (Å²) in [7, 11) is 1.65. The minimum absolute atomic E-state index is 0.0473. The van der Waals surface area contributed by atoms with Crippen LogP contribution in [0.1, 0.15) is 26.7 Å². The van der Waals surface area contributed by atoms with Crippen molar-refractivity contribution in [3.63, 3.8) is 0 Å². The first-order valence-corrected chi connectivity index (χ1v) is 6.74. The number of rotatable bonds is 5. The Kier molecular flexibility index (Phi) is 5.66. The number of hydrogen-bond donors (Lipinski definition) is 2. The number of carbonyl (C=O) groups excluding carboxylic acids is 1. The summed E-state index contributed by atoms with van der Waals surface area (Å²) in [6.45, 7) is 5.03. The van der Waals surface area contributed by atoms with Crippen LogP contribution < -0.4 is 10.6 Å². The van der Waals surface area contributed by atoms with Crippen LogP contribution in [0.15, 0.2) is 4.99 Å². The van der Waals surface area contributed by atoms with E-state index in [1.165, 1.54) is 6.42 Å². The summed E-state index contributed by atoms with van der Waals surface area (Å²) in [5.74, 6) is 1.85. The highest BCUT2D eigenvalue weighted by Crippen LogP contribution is 2.18. The van der Waals surface area contributed by atoms with Crippen molar-refractivity contribution in [3.8, 4) is 0 Å². The number of nitrogens with zero attached hydrogens (tertiary/aromatic N) is 1. The van der Waals surface area contributed by atoms with Gasteiger partial charge in [-0.2, -0.15) is 0 Å². The van der Waals surface area contributed by atoms with Gasteiger partial charge < -0.3 is 10.6 Å². The number of thioether (sulfide) groups is 1. The molecule has 0 radical (unpaired) electrons. The highest BCUT2D eigenvalue weighted by molar-refractivity contribution is 8.14. The average molecular weight is 243 g/mol. The number of aliphatic imine (C=N–C) groups is 1. The first-order valence-electron chi connectivity index (χ1n) is 5.76. The van der Waals surface area contributed by atoms with E-state index in [-0.39, 0.29) is 5.91 Å². The van der Waals surface area contributed by atoms with Crippen LogP contribution in [0.25, 0.3) is 0 Å². The van der Waals surface area contributed by atoms with Crippen molar-refractivity contribution in [1.29, 1.82) is 0 Å². The van der Waals surface area contributed by atoms with Gasteiger partial charge in [-0.3, -0.25) is 9.79 Å². The van der Waals surface area contributed by atoms with E-state index >= 15 is 0 Å². The molecule has 0 aromatic carbocycles. The van der Waals surface area contributed by atoms with Crippen LogP contribution in [0, 0.1) is 5.92 Å². The Hall–Kier alpha value is -0.710. The SMILES string of the molecule is CNC(=O)CCN=C1NC(CC(C)C)CS1. The second kappa shape index (κ2) is 6.78. The summed E-state index contributed by atoms with van der Waals surface area (Å²) in [6.07, 6.45) is 1.65. The van der Waals surface area contributed by atoms with E-state index < -0.39 is 0 Å². The van der Waals surface area contributed by atoms with Gasteiger partial charge in [-0.1, -0.05) is 25.6 Å². The Morgan fingerprint density at radius 2 is 2.44 bits per heavy atom. The van der Waals surface area contributed by atoms with Crippen molar-refractivity contribution in [2.45, 2.75) is 32.7 Å². The van der Waals surface area contributed by atoms with E-state index in [4.69, 9.17) is 0 Å². The van der Waals surface area contributed by atoms with Crippen molar-refractivity contribution in [2.24, 2.45) is 10.9 Å². The maximum Gasteiger partial charge on any atom is 0.221 e. The molecule has 1 aliphatic heterocycles. The van der Waals surface area contributed by atoms with Gasteiger partial charge in [-0.05, 0) is 12.3 Å². The topological polar surface area (TPSA) is 53.5 Å². The first kappa shape index (κ1) is 13.4. The van der Waals surface area contributed by atoms with Crippen molar-refractivity contribution in [1.82, 2.24) is 10.6 Å². The Morgan fingerprint density at radius 3 is 3.06 bits per heavy atom. The van der Waals surface area contributed by atoms with Gasteiger partial charge in [0, 0.05) is 25.3 Å². The van der Waals surface area contributed by atoms with Gasteiger partial charge in [0.05, 0.1) is 6.54 Å². The fourth-order valence-corrected chi connectivity index (χ4v) is 2.62. The van der Waals surface area contributed by atoms with Crippen molar-refractivity contribution >= 4 is 22.8 Å². The Morgan fingerprint density at radius 1 is 1.69 bits per heavy atom. The molecule has 0 saturated carbocycles. The molecule has 0 spiro atoms. The second-order valence-electron chi connectivity index (χ2n) is 4.39. The molecule has 1 rings (SSSR count). The molecule has 16 heavy (non-hydrogen) atoms. The highest BCUT2D eigenvalue weighted by Gasteiger charge is 2.20. The van der Waals surface area contributed by atoms with Crippen molar-refractivity contribution < 1.29 is 4.79 Å². The monoisotopic (exact) mass is 243 g/mol. The Balaban J connectivity index is 2.24. The van der Waals surface area contributed by atoms with Gasteiger partial charge in [0.15, 0.2) is 5.17 Å².